The fraction of sp³-hybridized carbons (Fsp3) is 0.455. The van der Waals surface area contributed by atoms with E-state index < -0.39 is 0 Å². The average molecular weight is 206 g/mol. The number of hydrogen-bond donors (Lipinski definition) is 1. The molecule has 2 heterocycles. The highest BCUT2D eigenvalue weighted by atomic mass is 16.1. The van der Waals surface area contributed by atoms with Crippen molar-refractivity contribution in [3.05, 3.63) is 29.9 Å². The van der Waals surface area contributed by atoms with Gasteiger partial charge < -0.3 is 9.88 Å². The fourth-order valence-electron chi connectivity index (χ4n) is 1.83. The van der Waals surface area contributed by atoms with Gasteiger partial charge in [-0.2, -0.15) is 4.99 Å². The smallest absolute Gasteiger partial charge is 0.305 e. The molecule has 4 heteroatoms. The van der Waals surface area contributed by atoms with Crippen LogP contribution in [-0.4, -0.2) is 23.1 Å². The minimum Gasteiger partial charge on any atom is -0.336 e. The lowest BCUT2D eigenvalue weighted by Gasteiger charge is -2.01. The zero-order valence-corrected chi connectivity index (χ0v) is 8.89. The highest BCUT2D eigenvalue weighted by molar-refractivity contribution is 5.81. The van der Waals surface area contributed by atoms with E-state index in [0.29, 0.717) is 0 Å². The lowest BCUT2D eigenvalue weighted by Crippen LogP contribution is -2.88. The summed E-state index contributed by atoms with van der Waals surface area (Å²) in [6.07, 6.45) is 3.97. The minimum atomic E-state index is -0.00528. The summed E-state index contributed by atoms with van der Waals surface area (Å²) in [6, 6.07) is 5.72. The summed E-state index contributed by atoms with van der Waals surface area (Å²) < 4.78 is 1.85. The summed E-state index contributed by atoms with van der Waals surface area (Å²) in [5, 5.41) is 2.08. The van der Waals surface area contributed by atoms with Crippen LogP contribution in [0.2, 0.25) is 0 Å². The molecule has 1 aliphatic heterocycles. The van der Waals surface area contributed by atoms with E-state index >= 15 is 0 Å². The molecule has 0 bridgehead atoms. The Kier molecular flexibility index (Phi) is 2.97. The molecule has 2 rings (SSSR count). The first-order chi connectivity index (χ1) is 7.27. The molecule has 1 aromatic rings. The third-order valence-corrected chi connectivity index (χ3v) is 2.74. The molecule has 80 valence electrons. The summed E-state index contributed by atoms with van der Waals surface area (Å²) in [5.41, 5.74) is 0.725. The van der Waals surface area contributed by atoms with Gasteiger partial charge in [0.1, 0.15) is 5.49 Å². The van der Waals surface area contributed by atoms with Gasteiger partial charge in [-0.25, -0.2) is 0 Å². The van der Waals surface area contributed by atoms with Crippen molar-refractivity contribution in [2.45, 2.75) is 18.9 Å². The molecule has 0 spiro atoms. The number of carbonyl (C=O) groups excluding carboxylic acids is 1. The number of aromatic nitrogens is 1. The lowest BCUT2D eigenvalue weighted by molar-refractivity contribution is -0.657. The molecule has 2 N–H and O–H groups in total. The SMILES string of the molecule is Cn1ccccc1=NC(=O)[C@@H]1CCC[NH2+]1. The van der Waals surface area contributed by atoms with Crippen molar-refractivity contribution in [1.82, 2.24) is 4.57 Å². The number of hydrogen-bond acceptors (Lipinski definition) is 1. The molecule has 0 aromatic carbocycles. The summed E-state index contributed by atoms with van der Waals surface area (Å²) in [5.74, 6) is -0.00528. The first-order valence-corrected chi connectivity index (χ1v) is 5.31. The number of pyridine rings is 1. The maximum atomic E-state index is 11.8. The van der Waals surface area contributed by atoms with Crippen LogP contribution < -0.4 is 10.8 Å². The largest absolute Gasteiger partial charge is 0.336 e. The Morgan fingerprint density at radius 2 is 2.47 bits per heavy atom. The van der Waals surface area contributed by atoms with E-state index in [1.165, 1.54) is 0 Å². The second-order valence-corrected chi connectivity index (χ2v) is 3.89. The van der Waals surface area contributed by atoms with Gasteiger partial charge in [-0.1, -0.05) is 6.07 Å². The van der Waals surface area contributed by atoms with E-state index in [9.17, 15) is 4.79 Å². The molecular weight excluding hydrogens is 190 g/mol. The Labute approximate surface area is 88.7 Å². The summed E-state index contributed by atoms with van der Waals surface area (Å²) in [4.78, 5) is 15.9. The van der Waals surface area contributed by atoms with E-state index in [4.69, 9.17) is 0 Å². The van der Waals surface area contributed by atoms with Gasteiger partial charge in [0, 0.05) is 26.1 Å². The van der Waals surface area contributed by atoms with Crippen molar-refractivity contribution in [3.63, 3.8) is 0 Å². The van der Waals surface area contributed by atoms with Crippen molar-refractivity contribution in [3.8, 4) is 0 Å². The Morgan fingerprint density at radius 3 is 3.13 bits per heavy atom. The van der Waals surface area contributed by atoms with E-state index in [-0.39, 0.29) is 11.9 Å². The van der Waals surface area contributed by atoms with Crippen LogP contribution in [0.1, 0.15) is 12.8 Å². The van der Waals surface area contributed by atoms with Gasteiger partial charge in [-0.15, -0.1) is 0 Å². The predicted molar refractivity (Wildman–Crippen MR) is 55.8 cm³/mol. The van der Waals surface area contributed by atoms with Crippen molar-refractivity contribution in [1.29, 1.82) is 0 Å². The van der Waals surface area contributed by atoms with E-state index in [1.54, 1.807) is 0 Å². The van der Waals surface area contributed by atoms with Crippen LogP contribution in [-0.2, 0) is 11.8 Å². The molecule has 0 saturated carbocycles. The Balaban J connectivity index is 2.22. The van der Waals surface area contributed by atoms with Crippen LogP contribution in [0.15, 0.2) is 29.4 Å². The Morgan fingerprint density at radius 1 is 1.60 bits per heavy atom. The maximum absolute atomic E-state index is 11.8. The summed E-state index contributed by atoms with van der Waals surface area (Å²) in [7, 11) is 1.89. The second-order valence-electron chi connectivity index (χ2n) is 3.89. The maximum Gasteiger partial charge on any atom is 0.305 e. The number of nitrogens with zero attached hydrogens (tertiary/aromatic N) is 2. The number of nitrogens with two attached hydrogens (primary N) is 1. The zero-order valence-electron chi connectivity index (χ0n) is 8.89. The third kappa shape index (κ3) is 2.33. The normalized spacial score (nSPS) is 21.9. The van der Waals surface area contributed by atoms with Crippen LogP contribution in [0.25, 0.3) is 0 Å². The molecule has 4 nitrogen and oxygen atoms in total. The number of aryl methyl sites for hydroxylation is 1. The van der Waals surface area contributed by atoms with Crippen LogP contribution in [0.3, 0.4) is 0 Å². The molecule has 0 radical (unpaired) electrons. The Hall–Kier alpha value is -1.42. The second kappa shape index (κ2) is 4.40. The van der Waals surface area contributed by atoms with Crippen molar-refractivity contribution in [2.75, 3.05) is 6.54 Å². The summed E-state index contributed by atoms with van der Waals surface area (Å²) >= 11 is 0. The highest BCUT2D eigenvalue weighted by Gasteiger charge is 2.25. The van der Waals surface area contributed by atoms with Crippen LogP contribution in [0.4, 0.5) is 0 Å². The van der Waals surface area contributed by atoms with Crippen LogP contribution in [0, 0.1) is 0 Å². The van der Waals surface area contributed by atoms with Gasteiger partial charge in [0.25, 0.3) is 0 Å². The van der Waals surface area contributed by atoms with E-state index in [0.717, 1.165) is 24.9 Å². The molecule has 1 aromatic heterocycles. The molecule has 1 amide bonds. The first-order valence-electron chi connectivity index (χ1n) is 5.31. The van der Waals surface area contributed by atoms with Gasteiger partial charge in [-0.05, 0) is 12.1 Å². The fourth-order valence-corrected chi connectivity index (χ4v) is 1.83. The average Bonchev–Trinajstić information content (AvgIpc) is 2.74. The summed E-state index contributed by atoms with van der Waals surface area (Å²) in [6.45, 7) is 1.05. The quantitative estimate of drug-likeness (QED) is 0.641. The molecular formula is C11H16N3O+. The molecule has 0 unspecified atom stereocenters. The topological polar surface area (TPSA) is 51.0 Å². The first kappa shape index (κ1) is 10.1. The number of carbonyl (C=O) groups is 1. The highest BCUT2D eigenvalue weighted by Crippen LogP contribution is 1.98. The number of rotatable bonds is 1. The monoisotopic (exact) mass is 206 g/mol. The third-order valence-electron chi connectivity index (χ3n) is 2.74. The van der Waals surface area contributed by atoms with Gasteiger partial charge >= 0.3 is 5.91 Å². The van der Waals surface area contributed by atoms with Gasteiger partial charge in [-0.3, -0.25) is 4.79 Å². The van der Waals surface area contributed by atoms with E-state index in [1.807, 2.05) is 36.0 Å². The van der Waals surface area contributed by atoms with Crippen molar-refractivity contribution in [2.24, 2.45) is 12.0 Å². The van der Waals surface area contributed by atoms with Gasteiger partial charge in [0.15, 0.2) is 6.04 Å². The molecule has 1 atom stereocenters. The van der Waals surface area contributed by atoms with Crippen molar-refractivity contribution < 1.29 is 10.1 Å². The standard InChI is InChI=1S/C11H15N3O/c1-14-8-3-2-6-10(14)13-11(15)9-5-4-7-12-9/h2-3,6,8-9,12H,4-5,7H2,1H3/p+1/t9-/m0/s1. The van der Waals surface area contributed by atoms with Gasteiger partial charge in [0.2, 0.25) is 0 Å². The predicted octanol–water partition coefficient (Wildman–Crippen LogP) is -0.822. The van der Waals surface area contributed by atoms with Crippen LogP contribution >= 0.6 is 0 Å². The zero-order chi connectivity index (χ0) is 10.7. The molecule has 0 aliphatic carbocycles. The minimum absolute atomic E-state index is 0.00528. The molecule has 15 heavy (non-hydrogen) atoms. The number of amides is 1. The lowest BCUT2D eigenvalue weighted by atomic mass is 10.2. The van der Waals surface area contributed by atoms with Gasteiger partial charge in [0.05, 0.1) is 6.54 Å². The van der Waals surface area contributed by atoms with Crippen molar-refractivity contribution >= 4 is 5.91 Å². The van der Waals surface area contributed by atoms with E-state index in [2.05, 4.69) is 10.3 Å². The Bertz CT molecular complexity index is 416. The van der Waals surface area contributed by atoms with Crippen LogP contribution in [0.5, 0.6) is 0 Å². The number of quaternary nitrogens is 1. The molecule has 1 saturated heterocycles. The molecule has 1 aliphatic rings. The molecule has 1 fully saturated rings.